The number of piperazine rings is 1. The van der Waals surface area contributed by atoms with Gasteiger partial charge < -0.3 is 24.4 Å². The second kappa shape index (κ2) is 16.8. The molecule has 11 heteroatoms. The fourth-order valence-electron chi connectivity index (χ4n) is 4.84. The minimum absolute atomic E-state index is 0.0556. The summed E-state index contributed by atoms with van der Waals surface area (Å²) in [6.07, 6.45) is 5.27. The first-order valence-corrected chi connectivity index (χ1v) is 13.7. The smallest absolute Gasteiger partial charge is 0.328 e. The van der Waals surface area contributed by atoms with Gasteiger partial charge in [-0.1, -0.05) is 36.4 Å². The molecular formula is C33H36F2N2O7. The van der Waals surface area contributed by atoms with Gasteiger partial charge in [-0.3, -0.25) is 9.80 Å². The number of rotatable bonds is 11. The number of hydrogen-bond acceptors (Lipinski definition) is 7. The average molecular weight is 611 g/mol. The van der Waals surface area contributed by atoms with Gasteiger partial charge in [0.2, 0.25) is 5.75 Å². The van der Waals surface area contributed by atoms with E-state index in [1.807, 2.05) is 42.5 Å². The first-order valence-electron chi connectivity index (χ1n) is 13.7. The van der Waals surface area contributed by atoms with Crippen LogP contribution in [-0.4, -0.2) is 86.0 Å². The fraction of sp³-hybridized carbons (Fsp3) is 0.273. The third kappa shape index (κ3) is 9.65. The minimum Gasteiger partial charge on any atom is -0.493 e. The number of halogens is 2. The number of aliphatic carboxylic acids is 2. The Kier molecular flexibility index (Phi) is 12.9. The van der Waals surface area contributed by atoms with Gasteiger partial charge in [0, 0.05) is 50.4 Å². The van der Waals surface area contributed by atoms with Crippen molar-refractivity contribution in [3.05, 3.63) is 107 Å². The predicted molar refractivity (Wildman–Crippen MR) is 162 cm³/mol. The molecule has 0 bridgehead atoms. The maximum Gasteiger partial charge on any atom is 0.328 e. The molecule has 0 radical (unpaired) electrons. The van der Waals surface area contributed by atoms with Gasteiger partial charge in [-0.15, -0.1) is 0 Å². The topological polar surface area (TPSA) is 109 Å². The van der Waals surface area contributed by atoms with Crippen LogP contribution in [-0.2, 0) is 9.59 Å². The summed E-state index contributed by atoms with van der Waals surface area (Å²) < 4.78 is 43.5. The van der Waals surface area contributed by atoms with Crippen LogP contribution in [0.2, 0.25) is 0 Å². The number of ether oxygens (including phenoxy) is 3. The highest BCUT2D eigenvalue weighted by Gasteiger charge is 2.26. The summed E-state index contributed by atoms with van der Waals surface area (Å²) in [5.74, 6) is -1.21. The summed E-state index contributed by atoms with van der Waals surface area (Å²) in [6.45, 7) is 4.24. The third-order valence-electron chi connectivity index (χ3n) is 6.91. The van der Waals surface area contributed by atoms with Crippen LogP contribution in [0.3, 0.4) is 0 Å². The van der Waals surface area contributed by atoms with Gasteiger partial charge in [0.05, 0.1) is 27.4 Å². The summed E-state index contributed by atoms with van der Waals surface area (Å²) in [6, 6.07) is 16.9. The lowest BCUT2D eigenvalue weighted by Crippen LogP contribution is -2.47. The maximum atomic E-state index is 13.6. The largest absolute Gasteiger partial charge is 0.493 e. The van der Waals surface area contributed by atoms with Crippen LogP contribution in [0.1, 0.15) is 22.7 Å². The van der Waals surface area contributed by atoms with Crippen LogP contribution in [0.4, 0.5) is 8.78 Å². The molecule has 0 spiro atoms. The second-order valence-corrected chi connectivity index (χ2v) is 9.68. The number of benzene rings is 3. The van der Waals surface area contributed by atoms with Crippen LogP contribution < -0.4 is 14.2 Å². The zero-order chi connectivity index (χ0) is 32.1. The van der Waals surface area contributed by atoms with E-state index in [2.05, 4.69) is 15.9 Å². The summed E-state index contributed by atoms with van der Waals surface area (Å²) in [7, 11) is 4.81. The van der Waals surface area contributed by atoms with E-state index in [0.29, 0.717) is 29.4 Å². The number of carboxylic acids is 2. The molecule has 0 aromatic heterocycles. The Labute approximate surface area is 255 Å². The Hall–Kier alpha value is -4.74. The summed E-state index contributed by atoms with van der Waals surface area (Å²) >= 11 is 0. The molecule has 0 atom stereocenters. The predicted octanol–water partition coefficient (Wildman–Crippen LogP) is 5.12. The quantitative estimate of drug-likeness (QED) is 0.286. The van der Waals surface area contributed by atoms with Crippen LogP contribution in [0.15, 0.2) is 78.9 Å². The molecule has 0 saturated carbocycles. The monoisotopic (exact) mass is 610 g/mol. The SMILES string of the molecule is COc1ccc(C=CCN2CCN(C(c3ccc(F)cc3)c3ccc(F)cc3)CC2)c(OC)c1OC.O=C(O)/C=C/C(=O)O. The number of hydrogen-bond donors (Lipinski definition) is 2. The molecule has 0 aliphatic carbocycles. The van der Waals surface area contributed by atoms with Crippen molar-refractivity contribution in [2.45, 2.75) is 6.04 Å². The van der Waals surface area contributed by atoms with E-state index in [1.54, 1.807) is 21.3 Å². The van der Waals surface area contributed by atoms with Crippen molar-refractivity contribution in [3.63, 3.8) is 0 Å². The minimum atomic E-state index is -1.26. The Morgan fingerprint density at radius 1 is 0.750 bits per heavy atom. The van der Waals surface area contributed by atoms with Crippen molar-refractivity contribution in [2.24, 2.45) is 0 Å². The molecule has 1 aliphatic heterocycles. The Bertz CT molecular complexity index is 1370. The van der Waals surface area contributed by atoms with E-state index in [4.69, 9.17) is 24.4 Å². The van der Waals surface area contributed by atoms with Crippen molar-refractivity contribution in [3.8, 4) is 17.2 Å². The van der Waals surface area contributed by atoms with Gasteiger partial charge in [0.15, 0.2) is 11.5 Å². The van der Waals surface area contributed by atoms with E-state index in [1.165, 1.54) is 24.3 Å². The third-order valence-corrected chi connectivity index (χ3v) is 6.91. The van der Waals surface area contributed by atoms with Gasteiger partial charge in [0.25, 0.3) is 0 Å². The van der Waals surface area contributed by atoms with Crippen molar-refractivity contribution >= 4 is 18.0 Å². The molecule has 3 aromatic rings. The van der Waals surface area contributed by atoms with Crippen molar-refractivity contribution in [2.75, 3.05) is 54.1 Å². The molecule has 1 saturated heterocycles. The molecule has 1 heterocycles. The number of carboxylic acid groups (broad SMARTS) is 2. The zero-order valence-electron chi connectivity index (χ0n) is 24.8. The Morgan fingerprint density at radius 3 is 1.68 bits per heavy atom. The van der Waals surface area contributed by atoms with Crippen molar-refractivity contribution in [1.82, 2.24) is 9.80 Å². The van der Waals surface area contributed by atoms with Crippen LogP contribution in [0.5, 0.6) is 17.2 Å². The molecular weight excluding hydrogens is 574 g/mol. The lowest BCUT2D eigenvalue weighted by molar-refractivity contribution is -0.134. The molecule has 3 aromatic carbocycles. The Balaban J connectivity index is 0.000000583. The summed E-state index contributed by atoms with van der Waals surface area (Å²) in [5, 5.41) is 15.6. The molecule has 1 fully saturated rings. The molecule has 2 N–H and O–H groups in total. The molecule has 44 heavy (non-hydrogen) atoms. The van der Waals surface area contributed by atoms with E-state index in [0.717, 1.165) is 49.4 Å². The fourth-order valence-corrected chi connectivity index (χ4v) is 4.84. The summed E-state index contributed by atoms with van der Waals surface area (Å²) in [5.41, 5.74) is 2.91. The lowest BCUT2D eigenvalue weighted by Gasteiger charge is -2.39. The highest BCUT2D eigenvalue weighted by atomic mass is 19.1. The standard InChI is InChI=1S/C29H32F2N2O3.C4H4O4/c1-34-26-15-10-23(28(35-2)29(26)36-3)5-4-16-32-17-19-33(20-18-32)27(21-6-11-24(30)12-7-21)22-8-13-25(31)14-9-22;5-3(6)1-2-4(7)8/h4-15,27H,16-20H2,1-3H3;1-2H,(H,5,6)(H,7,8)/b;2-1+. The van der Waals surface area contributed by atoms with Crippen molar-refractivity contribution < 1.29 is 42.8 Å². The highest BCUT2D eigenvalue weighted by Crippen LogP contribution is 2.40. The number of carbonyl (C=O) groups is 2. The van der Waals surface area contributed by atoms with Crippen LogP contribution >= 0.6 is 0 Å². The van der Waals surface area contributed by atoms with Crippen LogP contribution in [0, 0.1) is 11.6 Å². The van der Waals surface area contributed by atoms with E-state index in [-0.39, 0.29) is 17.7 Å². The maximum absolute atomic E-state index is 13.6. The average Bonchev–Trinajstić information content (AvgIpc) is 3.02. The normalized spacial score (nSPS) is 14.0. The van der Waals surface area contributed by atoms with Gasteiger partial charge >= 0.3 is 11.9 Å². The first-order chi connectivity index (χ1) is 21.2. The zero-order valence-corrected chi connectivity index (χ0v) is 24.8. The number of nitrogens with zero attached hydrogens (tertiary/aromatic N) is 2. The highest BCUT2D eigenvalue weighted by molar-refractivity contribution is 5.89. The van der Waals surface area contributed by atoms with Gasteiger partial charge in [0.1, 0.15) is 11.6 Å². The summed E-state index contributed by atoms with van der Waals surface area (Å²) in [4.78, 5) is 23.9. The molecule has 0 unspecified atom stereocenters. The van der Waals surface area contributed by atoms with E-state index >= 15 is 0 Å². The number of methoxy groups -OCH3 is 3. The lowest BCUT2D eigenvalue weighted by atomic mass is 9.96. The van der Waals surface area contributed by atoms with E-state index in [9.17, 15) is 18.4 Å². The molecule has 234 valence electrons. The van der Waals surface area contributed by atoms with Crippen molar-refractivity contribution in [1.29, 1.82) is 0 Å². The van der Waals surface area contributed by atoms with Gasteiger partial charge in [-0.25, -0.2) is 18.4 Å². The first kappa shape index (κ1) is 33.8. The van der Waals surface area contributed by atoms with Gasteiger partial charge in [-0.05, 0) is 47.5 Å². The molecule has 1 aliphatic rings. The van der Waals surface area contributed by atoms with Crippen LogP contribution in [0.25, 0.3) is 6.08 Å². The second-order valence-electron chi connectivity index (χ2n) is 9.68. The van der Waals surface area contributed by atoms with Gasteiger partial charge in [-0.2, -0.15) is 0 Å². The molecule has 9 nitrogen and oxygen atoms in total. The molecule has 4 rings (SSSR count). The molecule has 0 amide bonds. The van der Waals surface area contributed by atoms with E-state index < -0.39 is 11.9 Å². The Morgan fingerprint density at radius 2 is 1.25 bits per heavy atom.